The second kappa shape index (κ2) is 9.42. The van der Waals surface area contributed by atoms with Crippen LogP contribution in [0.4, 0.5) is 18.9 Å². The van der Waals surface area contributed by atoms with E-state index >= 15 is 0 Å². The van der Waals surface area contributed by atoms with Gasteiger partial charge >= 0.3 is 6.18 Å². The summed E-state index contributed by atoms with van der Waals surface area (Å²) in [7, 11) is 0. The number of rotatable bonds is 7. The molecule has 0 saturated carbocycles. The number of aryl methyl sites for hydroxylation is 1. The number of carbonyl (C=O) groups is 2. The highest BCUT2D eigenvalue weighted by Crippen LogP contribution is 2.30. The van der Waals surface area contributed by atoms with Gasteiger partial charge in [0.1, 0.15) is 11.5 Å². The molecule has 0 fully saturated rings. The summed E-state index contributed by atoms with van der Waals surface area (Å²) in [6.07, 6.45) is -1.97. The van der Waals surface area contributed by atoms with Crippen LogP contribution in [0.5, 0.6) is 11.6 Å². The van der Waals surface area contributed by atoms with Crippen molar-refractivity contribution in [3.63, 3.8) is 0 Å². The molecule has 3 aromatic rings. The van der Waals surface area contributed by atoms with Crippen molar-refractivity contribution in [2.75, 3.05) is 5.32 Å². The van der Waals surface area contributed by atoms with Gasteiger partial charge in [-0.3, -0.25) is 4.79 Å². The fraction of sp³-hybridized carbons (Fsp3) is 0.174. The van der Waals surface area contributed by atoms with Gasteiger partial charge in [0.25, 0.3) is 5.91 Å². The molecule has 0 bridgehead atoms. The number of anilines is 1. The van der Waals surface area contributed by atoms with Crippen LogP contribution in [0.2, 0.25) is 0 Å². The van der Waals surface area contributed by atoms with Crippen LogP contribution in [0.15, 0.2) is 66.9 Å². The van der Waals surface area contributed by atoms with Crippen LogP contribution in [0.3, 0.4) is 0 Å². The molecule has 8 heteroatoms. The molecule has 0 saturated heterocycles. The summed E-state index contributed by atoms with van der Waals surface area (Å²) in [6.45, 7) is 1.55. The number of hydrogen-bond donors (Lipinski definition) is 1. The van der Waals surface area contributed by atoms with Gasteiger partial charge in [-0.2, -0.15) is 13.2 Å². The number of nitrogens with zero attached hydrogens (tertiary/aromatic N) is 1. The molecule has 3 rings (SSSR count). The van der Waals surface area contributed by atoms with Gasteiger partial charge in [0.05, 0.1) is 11.1 Å². The molecule has 2 aromatic carbocycles. The average molecular weight is 428 g/mol. The average Bonchev–Trinajstić information content (AvgIpc) is 2.73. The zero-order valence-corrected chi connectivity index (χ0v) is 16.6. The third-order valence-corrected chi connectivity index (χ3v) is 4.38. The third kappa shape index (κ3) is 6.40. The highest BCUT2D eigenvalue weighted by Gasteiger charge is 2.30. The van der Waals surface area contributed by atoms with E-state index in [0.717, 1.165) is 17.7 Å². The number of hydrogen-bond acceptors (Lipinski definition) is 4. The van der Waals surface area contributed by atoms with Crippen molar-refractivity contribution < 1.29 is 27.5 Å². The standard InChI is InChI=1S/C23H19F3N2O3/c1-15(29)2-3-16-4-11-20(12-5-16)31-21-13-6-17(14-27-21)22(30)28-19-9-7-18(8-10-19)23(24,25)26/h4-14H,2-3H2,1H3,(H,28,30). The van der Waals surface area contributed by atoms with Gasteiger partial charge in [0, 0.05) is 24.4 Å². The van der Waals surface area contributed by atoms with Gasteiger partial charge in [-0.15, -0.1) is 0 Å². The monoisotopic (exact) mass is 428 g/mol. The number of nitrogens with one attached hydrogen (secondary N) is 1. The molecular formula is C23H19F3N2O3. The Kier molecular flexibility index (Phi) is 6.69. The highest BCUT2D eigenvalue weighted by atomic mass is 19.4. The number of carbonyl (C=O) groups excluding carboxylic acids is 2. The molecule has 0 atom stereocenters. The summed E-state index contributed by atoms with van der Waals surface area (Å²) in [4.78, 5) is 27.4. The predicted octanol–water partition coefficient (Wildman–Crippen LogP) is 5.67. The summed E-state index contributed by atoms with van der Waals surface area (Å²) in [5.74, 6) is 0.462. The number of benzene rings is 2. The minimum absolute atomic E-state index is 0.131. The van der Waals surface area contributed by atoms with Crippen molar-refractivity contribution in [3.8, 4) is 11.6 Å². The van der Waals surface area contributed by atoms with Crippen LogP contribution in [0.1, 0.15) is 34.8 Å². The topological polar surface area (TPSA) is 68.3 Å². The number of ketones is 1. The number of alkyl halides is 3. The van der Waals surface area contributed by atoms with E-state index in [0.29, 0.717) is 18.6 Å². The van der Waals surface area contributed by atoms with Gasteiger partial charge in [-0.05, 0) is 61.4 Å². The van der Waals surface area contributed by atoms with E-state index in [1.165, 1.54) is 30.5 Å². The van der Waals surface area contributed by atoms with Gasteiger partial charge in [-0.1, -0.05) is 12.1 Å². The molecule has 0 aliphatic heterocycles. The number of amides is 1. The first-order valence-corrected chi connectivity index (χ1v) is 9.41. The zero-order valence-electron chi connectivity index (χ0n) is 16.6. The second-order valence-corrected chi connectivity index (χ2v) is 6.86. The molecule has 1 heterocycles. The third-order valence-electron chi connectivity index (χ3n) is 4.38. The molecule has 0 aliphatic carbocycles. The van der Waals surface area contributed by atoms with Crippen LogP contribution in [0.25, 0.3) is 0 Å². The Morgan fingerprint density at radius 2 is 1.65 bits per heavy atom. The molecule has 0 aliphatic rings. The predicted molar refractivity (Wildman–Crippen MR) is 109 cm³/mol. The fourth-order valence-corrected chi connectivity index (χ4v) is 2.69. The first kappa shape index (κ1) is 22.0. The molecule has 0 spiro atoms. The Labute approximate surface area is 176 Å². The Morgan fingerprint density at radius 1 is 0.968 bits per heavy atom. The maximum absolute atomic E-state index is 12.6. The normalized spacial score (nSPS) is 11.1. The Balaban J connectivity index is 1.58. The quantitative estimate of drug-likeness (QED) is 0.527. The lowest BCUT2D eigenvalue weighted by atomic mass is 10.1. The lowest BCUT2D eigenvalue weighted by Gasteiger charge is -2.09. The van der Waals surface area contributed by atoms with Crippen molar-refractivity contribution in [3.05, 3.63) is 83.6 Å². The SMILES string of the molecule is CC(=O)CCc1ccc(Oc2ccc(C(=O)Nc3ccc(C(F)(F)F)cc3)cn2)cc1. The summed E-state index contributed by atoms with van der Waals surface area (Å²) < 4.78 is 43.5. The maximum Gasteiger partial charge on any atom is 0.416 e. The Bertz CT molecular complexity index is 1050. The highest BCUT2D eigenvalue weighted by molar-refractivity contribution is 6.04. The van der Waals surface area contributed by atoms with E-state index in [1.54, 1.807) is 19.1 Å². The van der Waals surface area contributed by atoms with E-state index in [2.05, 4.69) is 10.3 Å². The maximum atomic E-state index is 12.6. The van der Waals surface area contributed by atoms with E-state index in [9.17, 15) is 22.8 Å². The Hall–Kier alpha value is -3.68. The summed E-state index contributed by atoms with van der Waals surface area (Å²) in [5.41, 5.74) is 0.696. The molecule has 1 N–H and O–H groups in total. The van der Waals surface area contributed by atoms with Crippen molar-refractivity contribution in [2.24, 2.45) is 0 Å². The van der Waals surface area contributed by atoms with Crippen molar-refractivity contribution >= 4 is 17.4 Å². The smallest absolute Gasteiger partial charge is 0.416 e. The summed E-state index contributed by atoms with van der Waals surface area (Å²) in [6, 6.07) is 14.5. The Morgan fingerprint density at radius 3 is 2.19 bits per heavy atom. The van der Waals surface area contributed by atoms with Crippen LogP contribution in [-0.4, -0.2) is 16.7 Å². The fourth-order valence-electron chi connectivity index (χ4n) is 2.69. The lowest BCUT2D eigenvalue weighted by molar-refractivity contribution is -0.137. The van der Waals surface area contributed by atoms with E-state index in [-0.39, 0.29) is 22.9 Å². The van der Waals surface area contributed by atoms with Gasteiger partial charge in [0.15, 0.2) is 0 Å². The first-order valence-electron chi connectivity index (χ1n) is 9.41. The summed E-state index contributed by atoms with van der Waals surface area (Å²) in [5, 5.41) is 2.52. The largest absolute Gasteiger partial charge is 0.439 e. The van der Waals surface area contributed by atoms with E-state index < -0.39 is 17.6 Å². The van der Waals surface area contributed by atoms with Crippen molar-refractivity contribution in [2.45, 2.75) is 25.9 Å². The minimum Gasteiger partial charge on any atom is -0.439 e. The minimum atomic E-state index is -4.43. The molecule has 0 unspecified atom stereocenters. The van der Waals surface area contributed by atoms with Crippen LogP contribution in [-0.2, 0) is 17.4 Å². The number of Topliss-reactive ketones (excluding diaryl/α,β-unsaturated/α-hetero) is 1. The lowest BCUT2D eigenvalue weighted by Crippen LogP contribution is -2.12. The van der Waals surface area contributed by atoms with Crippen LogP contribution >= 0.6 is 0 Å². The molecular weight excluding hydrogens is 409 g/mol. The van der Waals surface area contributed by atoms with Crippen LogP contribution in [0, 0.1) is 0 Å². The molecule has 1 amide bonds. The van der Waals surface area contributed by atoms with E-state index in [1.807, 2.05) is 12.1 Å². The molecule has 31 heavy (non-hydrogen) atoms. The molecule has 160 valence electrons. The van der Waals surface area contributed by atoms with Gasteiger partial charge in [0.2, 0.25) is 5.88 Å². The van der Waals surface area contributed by atoms with Gasteiger partial charge < -0.3 is 14.8 Å². The first-order chi connectivity index (χ1) is 14.7. The molecule has 0 radical (unpaired) electrons. The summed E-state index contributed by atoms with van der Waals surface area (Å²) >= 11 is 0. The number of aromatic nitrogens is 1. The number of pyridine rings is 1. The molecule has 1 aromatic heterocycles. The van der Waals surface area contributed by atoms with Crippen molar-refractivity contribution in [1.29, 1.82) is 0 Å². The zero-order chi connectivity index (χ0) is 22.4. The van der Waals surface area contributed by atoms with Gasteiger partial charge in [-0.25, -0.2) is 4.98 Å². The number of halogens is 3. The second-order valence-electron chi connectivity index (χ2n) is 6.86. The molecule has 5 nitrogen and oxygen atoms in total. The van der Waals surface area contributed by atoms with E-state index in [4.69, 9.17) is 4.74 Å². The van der Waals surface area contributed by atoms with Crippen LogP contribution < -0.4 is 10.1 Å². The number of ether oxygens (including phenoxy) is 1. The van der Waals surface area contributed by atoms with Crippen molar-refractivity contribution in [1.82, 2.24) is 4.98 Å².